The van der Waals surface area contributed by atoms with Crippen LogP contribution in [0.4, 0.5) is 5.69 Å². The Kier molecular flexibility index (Phi) is 3.97. The number of carbonyl (C=O) groups excluding carboxylic acids is 1. The van der Waals surface area contributed by atoms with Crippen LogP contribution in [0.1, 0.15) is 16.2 Å². The molecule has 0 saturated heterocycles. The summed E-state index contributed by atoms with van der Waals surface area (Å²) in [6, 6.07) is 14.8. The molecule has 130 valence electrons. The van der Waals surface area contributed by atoms with Gasteiger partial charge in [-0.2, -0.15) is 5.10 Å². The summed E-state index contributed by atoms with van der Waals surface area (Å²) in [4.78, 5) is 20.5. The molecule has 7 heteroatoms. The second kappa shape index (κ2) is 6.31. The van der Waals surface area contributed by atoms with E-state index in [1.807, 2.05) is 43.3 Å². The van der Waals surface area contributed by atoms with E-state index in [1.54, 1.807) is 23.9 Å². The van der Waals surface area contributed by atoms with E-state index in [0.717, 1.165) is 22.3 Å². The van der Waals surface area contributed by atoms with Gasteiger partial charge in [0.2, 0.25) is 0 Å². The van der Waals surface area contributed by atoms with E-state index < -0.39 is 0 Å². The number of aromatic nitrogens is 4. The van der Waals surface area contributed by atoms with Gasteiger partial charge in [-0.3, -0.25) is 9.48 Å². The zero-order chi connectivity index (χ0) is 18.3. The predicted octanol–water partition coefficient (Wildman–Crippen LogP) is 4.18. The molecular formula is C19H16ClN5O. The highest BCUT2D eigenvalue weighted by Gasteiger charge is 2.16. The highest BCUT2D eigenvalue weighted by atomic mass is 35.5. The average Bonchev–Trinajstić information content (AvgIpc) is 3.17. The van der Waals surface area contributed by atoms with Gasteiger partial charge >= 0.3 is 0 Å². The number of nitrogens with zero attached hydrogens (tertiary/aromatic N) is 3. The Morgan fingerprint density at radius 2 is 2.00 bits per heavy atom. The summed E-state index contributed by atoms with van der Waals surface area (Å²) >= 11 is 6.05. The molecule has 0 radical (unpaired) electrons. The first-order valence-corrected chi connectivity index (χ1v) is 8.46. The van der Waals surface area contributed by atoms with Crippen LogP contribution in [0.2, 0.25) is 5.02 Å². The number of nitrogens with one attached hydrogen (secondary N) is 2. The van der Waals surface area contributed by atoms with E-state index in [4.69, 9.17) is 11.6 Å². The summed E-state index contributed by atoms with van der Waals surface area (Å²) < 4.78 is 1.57. The van der Waals surface area contributed by atoms with Gasteiger partial charge in [-0.05, 0) is 43.3 Å². The molecule has 4 rings (SSSR count). The van der Waals surface area contributed by atoms with Crippen molar-refractivity contribution in [3.63, 3.8) is 0 Å². The Morgan fingerprint density at radius 1 is 1.19 bits per heavy atom. The zero-order valence-electron chi connectivity index (χ0n) is 14.2. The van der Waals surface area contributed by atoms with Gasteiger partial charge in [0, 0.05) is 17.6 Å². The van der Waals surface area contributed by atoms with Crippen LogP contribution in [0.25, 0.3) is 22.4 Å². The number of carbonyl (C=O) groups is 1. The molecule has 0 unspecified atom stereocenters. The fraction of sp³-hybridized carbons (Fsp3) is 0.105. The van der Waals surface area contributed by atoms with E-state index in [0.29, 0.717) is 22.2 Å². The van der Waals surface area contributed by atoms with E-state index in [-0.39, 0.29) is 5.91 Å². The van der Waals surface area contributed by atoms with Gasteiger partial charge < -0.3 is 10.3 Å². The topological polar surface area (TPSA) is 75.6 Å². The van der Waals surface area contributed by atoms with Crippen molar-refractivity contribution in [2.24, 2.45) is 7.05 Å². The van der Waals surface area contributed by atoms with Crippen LogP contribution >= 0.6 is 11.6 Å². The third-order valence-electron chi connectivity index (χ3n) is 4.11. The molecule has 0 spiro atoms. The molecule has 0 aliphatic rings. The number of aryl methyl sites for hydroxylation is 2. The Balaban J connectivity index is 1.72. The Bertz CT molecular complexity index is 1130. The molecule has 6 nitrogen and oxygen atoms in total. The minimum atomic E-state index is -0.222. The third-order valence-corrected chi connectivity index (χ3v) is 4.34. The maximum absolute atomic E-state index is 12.6. The van der Waals surface area contributed by atoms with Crippen LogP contribution in [0.15, 0.2) is 48.5 Å². The molecule has 0 saturated carbocycles. The van der Waals surface area contributed by atoms with Gasteiger partial charge in [-0.1, -0.05) is 23.7 Å². The van der Waals surface area contributed by atoms with Crippen LogP contribution in [-0.4, -0.2) is 25.7 Å². The Morgan fingerprint density at radius 3 is 2.77 bits per heavy atom. The van der Waals surface area contributed by atoms with Crippen molar-refractivity contribution < 1.29 is 4.79 Å². The monoisotopic (exact) mass is 365 g/mol. The molecule has 0 atom stereocenters. The van der Waals surface area contributed by atoms with Crippen molar-refractivity contribution in [3.8, 4) is 11.4 Å². The summed E-state index contributed by atoms with van der Waals surface area (Å²) in [5.41, 5.74) is 4.41. The summed E-state index contributed by atoms with van der Waals surface area (Å²) in [5.74, 6) is 0.444. The van der Waals surface area contributed by atoms with Gasteiger partial charge in [-0.15, -0.1) is 0 Å². The minimum absolute atomic E-state index is 0.222. The van der Waals surface area contributed by atoms with Crippen molar-refractivity contribution >= 4 is 34.2 Å². The molecule has 0 fully saturated rings. The van der Waals surface area contributed by atoms with Crippen molar-refractivity contribution in [2.75, 3.05) is 5.32 Å². The van der Waals surface area contributed by atoms with Crippen LogP contribution < -0.4 is 5.32 Å². The lowest BCUT2D eigenvalue weighted by Gasteiger charge is -2.09. The normalized spacial score (nSPS) is 11.0. The molecule has 2 N–H and O–H groups in total. The summed E-state index contributed by atoms with van der Waals surface area (Å²) in [7, 11) is 1.75. The summed E-state index contributed by atoms with van der Waals surface area (Å²) in [5, 5.41) is 7.81. The first-order valence-electron chi connectivity index (χ1n) is 8.08. The van der Waals surface area contributed by atoms with Crippen molar-refractivity contribution in [2.45, 2.75) is 6.92 Å². The lowest BCUT2D eigenvalue weighted by Crippen LogP contribution is -2.16. The number of benzene rings is 2. The van der Waals surface area contributed by atoms with E-state index in [2.05, 4.69) is 20.4 Å². The van der Waals surface area contributed by atoms with Gasteiger partial charge in [-0.25, -0.2) is 4.98 Å². The number of fused-ring (bicyclic) bond motifs is 1. The van der Waals surface area contributed by atoms with Crippen LogP contribution in [0.3, 0.4) is 0 Å². The number of halogens is 1. The lowest BCUT2D eigenvalue weighted by atomic mass is 10.1. The first kappa shape index (κ1) is 16.4. The zero-order valence-corrected chi connectivity index (χ0v) is 15.0. The number of rotatable bonds is 3. The fourth-order valence-corrected chi connectivity index (χ4v) is 3.09. The Hall–Kier alpha value is -3.12. The van der Waals surface area contributed by atoms with E-state index in [1.165, 1.54) is 0 Å². The third kappa shape index (κ3) is 2.95. The highest BCUT2D eigenvalue weighted by Crippen LogP contribution is 2.28. The van der Waals surface area contributed by atoms with Crippen LogP contribution in [0, 0.1) is 6.92 Å². The number of hydrogen-bond donors (Lipinski definition) is 2. The largest absolute Gasteiger partial charge is 0.338 e. The van der Waals surface area contributed by atoms with Gasteiger partial charge in [0.15, 0.2) is 0 Å². The maximum atomic E-state index is 12.6. The molecule has 4 aromatic rings. The number of anilines is 1. The number of para-hydroxylation sites is 1. The maximum Gasteiger partial charge on any atom is 0.273 e. The number of H-pyrrole nitrogens is 1. The SMILES string of the molecule is Cc1cc(C(=O)Nc2ccccc2-c2nc3ccc(Cl)cc3[nH]2)n(C)n1. The molecule has 26 heavy (non-hydrogen) atoms. The minimum Gasteiger partial charge on any atom is -0.338 e. The van der Waals surface area contributed by atoms with Crippen molar-refractivity contribution in [1.29, 1.82) is 0 Å². The molecule has 0 bridgehead atoms. The molecular weight excluding hydrogens is 350 g/mol. The number of hydrogen-bond acceptors (Lipinski definition) is 3. The van der Waals surface area contributed by atoms with Crippen molar-refractivity contribution in [3.05, 3.63) is 64.9 Å². The number of imidazole rings is 1. The van der Waals surface area contributed by atoms with Gasteiger partial charge in [0.05, 0.1) is 22.4 Å². The molecule has 2 aromatic carbocycles. The second-order valence-electron chi connectivity index (χ2n) is 6.04. The fourth-order valence-electron chi connectivity index (χ4n) is 2.92. The Labute approximate surface area is 154 Å². The average molecular weight is 366 g/mol. The smallest absolute Gasteiger partial charge is 0.273 e. The number of amides is 1. The molecule has 0 aliphatic heterocycles. The molecule has 2 aromatic heterocycles. The second-order valence-corrected chi connectivity index (χ2v) is 6.48. The van der Waals surface area contributed by atoms with E-state index >= 15 is 0 Å². The predicted molar refractivity (Wildman–Crippen MR) is 102 cm³/mol. The van der Waals surface area contributed by atoms with Gasteiger partial charge in [0.1, 0.15) is 11.5 Å². The first-order chi connectivity index (χ1) is 12.5. The van der Waals surface area contributed by atoms with Gasteiger partial charge in [0.25, 0.3) is 5.91 Å². The quantitative estimate of drug-likeness (QED) is 0.572. The van der Waals surface area contributed by atoms with Crippen molar-refractivity contribution in [1.82, 2.24) is 19.7 Å². The molecule has 2 heterocycles. The number of aromatic amines is 1. The molecule has 1 amide bonds. The highest BCUT2D eigenvalue weighted by molar-refractivity contribution is 6.31. The van der Waals surface area contributed by atoms with E-state index in [9.17, 15) is 4.79 Å². The van der Waals surface area contributed by atoms with Crippen LogP contribution in [0.5, 0.6) is 0 Å². The lowest BCUT2D eigenvalue weighted by molar-refractivity contribution is 0.101. The molecule has 0 aliphatic carbocycles. The van der Waals surface area contributed by atoms with Crippen LogP contribution in [-0.2, 0) is 7.05 Å². The standard InChI is InChI=1S/C19H16ClN5O/c1-11-9-17(25(2)24-11)19(26)23-14-6-4-3-5-13(14)18-21-15-8-7-12(20)10-16(15)22-18/h3-10H,1-2H3,(H,21,22)(H,23,26). The summed E-state index contributed by atoms with van der Waals surface area (Å²) in [6.07, 6.45) is 0. The summed E-state index contributed by atoms with van der Waals surface area (Å²) in [6.45, 7) is 1.85.